The minimum absolute atomic E-state index is 0.492. The van der Waals surface area contributed by atoms with E-state index in [1.54, 1.807) is 18.4 Å². The first kappa shape index (κ1) is 14.8. The van der Waals surface area contributed by atoms with Gasteiger partial charge in [-0.15, -0.1) is 11.3 Å². The van der Waals surface area contributed by atoms with Crippen molar-refractivity contribution in [3.05, 3.63) is 40.3 Å². The molecule has 0 aliphatic heterocycles. The van der Waals surface area contributed by atoms with E-state index in [-0.39, 0.29) is 0 Å². The van der Waals surface area contributed by atoms with E-state index in [0.717, 1.165) is 36.0 Å². The number of nitrogens with zero attached hydrogens (tertiary/aromatic N) is 1. The van der Waals surface area contributed by atoms with Gasteiger partial charge in [-0.1, -0.05) is 13.0 Å². The summed E-state index contributed by atoms with van der Waals surface area (Å²) in [6, 6.07) is 7.60. The largest absolute Gasteiger partial charge is 0.497 e. The molecule has 4 nitrogen and oxygen atoms in total. The van der Waals surface area contributed by atoms with Crippen molar-refractivity contribution >= 4 is 11.3 Å². The first-order chi connectivity index (χ1) is 9.81. The lowest BCUT2D eigenvalue weighted by atomic mass is 10.3. The number of methoxy groups -OCH3 is 1. The Balaban J connectivity index is 1.84. The third-order valence-electron chi connectivity index (χ3n) is 2.73. The molecule has 20 heavy (non-hydrogen) atoms. The Morgan fingerprint density at radius 2 is 2.15 bits per heavy atom. The van der Waals surface area contributed by atoms with E-state index in [1.807, 2.05) is 30.5 Å². The predicted molar refractivity (Wildman–Crippen MR) is 81.4 cm³/mol. The Kier molecular flexibility index (Phi) is 5.83. The minimum atomic E-state index is 0.492. The molecule has 5 heteroatoms. The highest BCUT2D eigenvalue weighted by atomic mass is 32.1. The maximum absolute atomic E-state index is 5.72. The Hall–Kier alpha value is -1.59. The molecular weight excluding hydrogens is 272 g/mol. The number of ether oxygens (including phenoxy) is 2. The van der Waals surface area contributed by atoms with Crippen molar-refractivity contribution in [2.75, 3.05) is 13.7 Å². The van der Waals surface area contributed by atoms with E-state index in [2.05, 4.69) is 17.2 Å². The standard InChI is InChI=1S/C15H20N2O2S/c1-3-7-16-9-14-10-17-15(20-14)11-19-13-6-4-5-12(8-13)18-2/h4-6,8,10,16H,3,7,9,11H2,1-2H3. The van der Waals surface area contributed by atoms with Crippen molar-refractivity contribution in [3.8, 4) is 11.5 Å². The molecule has 2 rings (SSSR count). The molecule has 0 saturated heterocycles. The summed E-state index contributed by atoms with van der Waals surface area (Å²) < 4.78 is 10.9. The van der Waals surface area contributed by atoms with Crippen molar-refractivity contribution in [3.63, 3.8) is 0 Å². The van der Waals surface area contributed by atoms with Gasteiger partial charge in [0.15, 0.2) is 0 Å². The van der Waals surface area contributed by atoms with Crippen LogP contribution in [-0.2, 0) is 13.2 Å². The molecular formula is C15H20N2O2S. The lowest BCUT2D eigenvalue weighted by molar-refractivity contribution is 0.303. The number of hydrogen-bond acceptors (Lipinski definition) is 5. The molecule has 108 valence electrons. The van der Waals surface area contributed by atoms with Crippen molar-refractivity contribution in [2.24, 2.45) is 0 Å². The van der Waals surface area contributed by atoms with Gasteiger partial charge in [0.05, 0.1) is 7.11 Å². The third-order valence-corrected chi connectivity index (χ3v) is 3.70. The molecule has 1 N–H and O–H groups in total. The number of nitrogens with one attached hydrogen (secondary N) is 1. The van der Waals surface area contributed by atoms with Crippen LogP contribution in [0.25, 0.3) is 0 Å². The molecule has 1 heterocycles. The van der Waals surface area contributed by atoms with E-state index in [1.165, 1.54) is 4.88 Å². The van der Waals surface area contributed by atoms with Crippen LogP contribution in [0.3, 0.4) is 0 Å². The van der Waals surface area contributed by atoms with Gasteiger partial charge >= 0.3 is 0 Å². The summed E-state index contributed by atoms with van der Waals surface area (Å²) in [5, 5.41) is 4.35. The van der Waals surface area contributed by atoms with Crippen molar-refractivity contribution in [2.45, 2.75) is 26.5 Å². The number of aromatic nitrogens is 1. The molecule has 0 saturated carbocycles. The zero-order chi connectivity index (χ0) is 14.2. The second-order valence-electron chi connectivity index (χ2n) is 4.36. The molecule has 0 fully saturated rings. The van der Waals surface area contributed by atoms with Gasteiger partial charge in [-0.2, -0.15) is 0 Å². The number of benzene rings is 1. The molecule has 0 aliphatic carbocycles. The molecule has 0 unspecified atom stereocenters. The summed E-state index contributed by atoms with van der Waals surface area (Å²) in [4.78, 5) is 5.61. The van der Waals surface area contributed by atoms with Crippen LogP contribution in [0.2, 0.25) is 0 Å². The van der Waals surface area contributed by atoms with Crippen molar-refractivity contribution in [1.29, 1.82) is 0 Å². The van der Waals surface area contributed by atoms with E-state index in [0.29, 0.717) is 6.61 Å². The average Bonchev–Trinajstić information content (AvgIpc) is 2.94. The quantitative estimate of drug-likeness (QED) is 0.759. The van der Waals surface area contributed by atoms with Gasteiger partial charge in [-0.25, -0.2) is 4.98 Å². The fraction of sp³-hybridized carbons (Fsp3) is 0.400. The van der Waals surface area contributed by atoms with Gasteiger partial charge in [0.1, 0.15) is 23.1 Å². The number of thiazole rings is 1. The summed E-state index contributed by atoms with van der Waals surface area (Å²) in [5.41, 5.74) is 0. The maximum Gasteiger partial charge on any atom is 0.140 e. The van der Waals surface area contributed by atoms with Crippen LogP contribution in [0.5, 0.6) is 11.5 Å². The molecule has 0 atom stereocenters. The Morgan fingerprint density at radius 1 is 1.30 bits per heavy atom. The van der Waals surface area contributed by atoms with Crippen LogP contribution >= 0.6 is 11.3 Å². The van der Waals surface area contributed by atoms with Gasteiger partial charge in [0.25, 0.3) is 0 Å². The highest BCUT2D eigenvalue weighted by Gasteiger charge is 2.03. The van der Waals surface area contributed by atoms with E-state index in [9.17, 15) is 0 Å². The summed E-state index contributed by atoms with van der Waals surface area (Å²) in [5.74, 6) is 1.59. The summed E-state index contributed by atoms with van der Waals surface area (Å²) in [7, 11) is 1.65. The SMILES string of the molecule is CCCNCc1cnc(COc2cccc(OC)c2)s1. The first-order valence-corrected chi connectivity index (χ1v) is 7.54. The van der Waals surface area contributed by atoms with Crippen LogP contribution in [0.1, 0.15) is 23.2 Å². The number of hydrogen-bond donors (Lipinski definition) is 1. The Bertz CT molecular complexity index is 528. The van der Waals surface area contributed by atoms with Gasteiger partial charge in [-0.3, -0.25) is 0 Å². The monoisotopic (exact) mass is 292 g/mol. The third kappa shape index (κ3) is 4.51. The van der Waals surface area contributed by atoms with Crippen LogP contribution in [0.4, 0.5) is 0 Å². The molecule has 2 aromatic rings. The van der Waals surface area contributed by atoms with Crippen molar-refractivity contribution < 1.29 is 9.47 Å². The second-order valence-corrected chi connectivity index (χ2v) is 5.56. The van der Waals surface area contributed by atoms with Crippen LogP contribution in [0, 0.1) is 0 Å². The molecule has 0 spiro atoms. The normalized spacial score (nSPS) is 10.5. The van der Waals surface area contributed by atoms with Gasteiger partial charge in [0.2, 0.25) is 0 Å². The van der Waals surface area contributed by atoms with E-state index < -0.39 is 0 Å². The van der Waals surface area contributed by atoms with Crippen LogP contribution < -0.4 is 14.8 Å². The molecule has 0 aliphatic rings. The summed E-state index contributed by atoms with van der Waals surface area (Å²) >= 11 is 1.68. The van der Waals surface area contributed by atoms with Crippen molar-refractivity contribution in [1.82, 2.24) is 10.3 Å². The number of rotatable bonds is 8. The fourth-order valence-electron chi connectivity index (χ4n) is 1.72. The predicted octanol–water partition coefficient (Wildman–Crippen LogP) is 3.23. The van der Waals surface area contributed by atoms with Crippen LogP contribution in [-0.4, -0.2) is 18.6 Å². The summed E-state index contributed by atoms with van der Waals surface area (Å²) in [6.07, 6.45) is 3.06. The molecule has 1 aromatic heterocycles. The second kappa shape index (κ2) is 7.87. The zero-order valence-corrected chi connectivity index (χ0v) is 12.7. The van der Waals surface area contributed by atoms with E-state index >= 15 is 0 Å². The summed E-state index contributed by atoms with van der Waals surface area (Å²) in [6.45, 7) is 4.57. The molecule has 0 amide bonds. The lowest BCUT2D eigenvalue weighted by Gasteiger charge is -2.05. The molecule has 0 bridgehead atoms. The van der Waals surface area contributed by atoms with Gasteiger partial charge in [0, 0.05) is 23.7 Å². The lowest BCUT2D eigenvalue weighted by Crippen LogP contribution is -2.12. The Labute approximate surface area is 123 Å². The first-order valence-electron chi connectivity index (χ1n) is 6.73. The minimum Gasteiger partial charge on any atom is -0.497 e. The molecule has 1 aromatic carbocycles. The topological polar surface area (TPSA) is 43.4 Å². The fourth-order valence-corrected chi connectivity index (χ4v) is 2.53. The van der Waals surface area contributed by atoms with Crippen LogP contribution in [0.15, 0.2) is 30.5 Å². The average molecular weight is 292 g/mol. The molecule has 0 radical (unpaired) electrons. The smallest absolute Gasteiger partial charge is 0.140 e. The van der Waals surface area contributed by atoms with Gasteiger partial charge in [-0.05, 0) is 25.1 Å². The van der Waals surface area contributed by atoms with Gasteiger partial charge < -0.3 is 14.8 Å². The van der Waals surface area contributed by atoms with E-state index in [4.69, 9.17) is 9.47 Å². The highest BCUT2D eigenvalue weighted by Crippen LogP contribution is 2.21. The maximum atomic E-state index is 5.72. The Morgan fingerprint density at radius 3 is 2.95 bits per heavy atom. The zero-order valence-electron chi connectivity index (χ0n) is 11.9. The highest BCUT2D eigenvalue weighted by molar-refractivity contribution is 7.11.